The summed E-state index contributed by atoms with van der Waals surface area (Å²) in [5, 5.41) is 2.71. The van der Waals surface area contributed by atoms with Crippen LogP contribution in [0.3, 0.4) is 0 Å². The summed E-state index contributed by atoms with van der Waals surface area (Å²) in [5.41, 5.74) is 1.80. The Kier molecular flexibility index (Phi) is 5.09. The number of ketones is 1. The topological polar surface area (TPSA) is 55.4 Å². The lowest BCUT2D eigenvalue weighted by atomic mass is 10.1. The minimum absolute atomic E-state index is 0.0930. The van der Waals surface area contributed by atoms with E-state index in [-0.39, 0.29) is 11.7 Å². The number of para-hydroxylation sites is 2. The molecule has 0 aliphatic carbocycles. The molecular formula is C18H17NO3. The van der Waals surface area contributed by atoms with Gasteiger partial charge >= 0.3 is 0 Å². The van der Waals surface area contributed by atoms with E-state index in [1.54, 1.807) is 37.5 Å². The number of carbonyl (C=O) groups is 2. The van der Waals surface area contributed by atoms with Gasteiger partial charge in [0, 0.05) is 17.2 Å². The van der Waals surface area contributed by atoms with Crippen LogP contribution < -0.4 is 10.1 Å². The molecule has 0 saturated carbocycles. The SMILES string of the molecule is COc1ccccc1/C=C/C(=O)Nc1ccccc1C(C)=O. The van der Waals surface area contributed by atoms with Crippen LogP contribution in [0, 0.1) is 0 Å². The molecule has 0 spiro atoms. The summed E-state index contributed by atoms with van der Waals surface area (Å²) in [6.45, 7) is 1.47. The van der Waals surface area contributed by atoms with Crippen LogP contribution in [0.2, 0.25) is 0 Å². The monoisotopic (exact) mass is 295 g/mol. The third-order valence-corrected chi connectivity index (χ3v) is 3.12. The van der Waals surface area contributed by atoms with Crippen molar-refractivity contribution in [2.75, 3.05) is 12.4 Å². The molecule has 2 rings (SSSR count). The number of carbonyl (C=O) groups excluding carboxylic acids is 2. The first-order valence-corrected chi connectivity index (χ1v) is 6.84. The molecule has 22 heavy (non-hydrogen) atoms. The number of hydrogen-bond donors (Lipinski definition) is 1. The Morgan fingerprint density at radius 2 is 1.73 bits per heavy atom. The molecule has 0 unspecified atom stereocenters. The van der Waals surface area contributed by atoms with Crippen molar-refractivity contribution < 1.29 is 14.3 Å². The number of benzene rings is 2. The zero-order valence-electron chi connectivity index (χ0n) is 12.5. The number of anilines is 1. The van der Waals surface area contributed by atoms with Gasteiger partial charge in [0.25, 0.3) is 0 Å². The van der Waals surface area contributed by atoms with E-state index in [0.717, 1.165) is 5.56 Å². The van der Waals surface area contributed by atoms with E-state index in [0.29, 0.717) is 17.0 Å². The fourth-order valence-electron chi connectivity index (χ4n) is 2.04. The summed E-state index contributed by atoms with van der Waals surface area (Å²) in [4.78, 5) is 23.5. The van der Waals surface area contributed by atoms with E-state index in [9.17, 15) is 9.59 Å². The maximum atomic E-state index is 12.0. The second-order valence-corrected chi connectivity index (χ2v) is 4.67. The van der Waals surface area contributed by atoms with Gasteiger partial charge in [0.15, 0.2) is 5.78 Å². The molecule has 0 atom stereocenters. The van der Waals surface area contributed by atoms with E-state index in [2.05, 4.69) is 5.32 Å². The van der Waals surface area contributed by atoms with Gasteiger partial charge in [0.05, 0.1) is 12.8 Å². The van der Waals surface area contributed by atoms with Crippen molar-refractivity contribution in [3.63, 3.8) is 0 Å². The van der Waals surface area contributed by atoms with Crippen LogP contribution in [-0.2, 0) is 4.79 Å². The Bertz CT molecular complexity index is 720. The van der Waals surface area contributed by atoms with E-state index < -0.39 is 0 Å². The smallest absolute Gasteiger partial charge is 0.248 e. The average molecular weight is 295 g/mol. The molecule has 0 bridgehead atoms. The van der Waals surface area contributed by atoms with E-state index in [4.69, 9.17) is 4.74 Å². The average Bonchev–Trinajstić information content (AvgIpc) is 2.53. The Morgan fingerprint density at radius 3 is 2.45 bits per heavy atom. The molecule has 4 heteroatoms. The number of nitrogens with one attached hydrogen (secondary N) is 1. The highest BCUT2D eigenvalue weighted by Gasteiger charge is 2.08. The first-order valence-electron chi connectivity index (χ1n) is 6.84. The number of hydrogen-bond acceptors (Lipinski definition) is 3. The normalized spacial score (nSPS) is 10.5. The van der Waals surface area contributed by atoms with Crippen LogP contribution in [-0.4, -0.2) is 18.8 Å². The first-order chi connectivity index (χ1) is 10.6. The van der Waals surface area contributed by atoms with Gasteiger partial charge in [-0.25, -0.2) is 0 Å². The van der Waals surface area contributed by atoms with Crippen molar-refractivity contribution in [2.24, 2.45) is 0 Å². The van der Waals surface area contributed by atoms with E-state index in [1.807, 2.05) is 24.3 Å². The molecule has 2 aromatic rings. The number of rotatable bonds is 5. The molecule has 0 aliphatic heterocycles. The quantitative estimate of drug-likeness (QED) is 0.678. The Hall–Kier alpha value is -2.88. The highest BCUT2D eigenvalue weighted by molar-refractivity contribution is 6.07. The van der Waals surface area contributed by atoms with Gasteiger partial charge in [0.2, 0.25) is 5.91 Å². The van der Waals surface area contributed by atoms with Crippen molar-refractivity contribution in [1.29, 1.82) is 0 Å². The van der Waals surface area contributed by atoms with Crippen molar-refractivity contribution in [3.05, 3.63) is 65.7 Å². The molecule has 0 aliphatic rings. The second-order valence-electron chi connectivity index (χ2n) is 4.67. The number of Topliss-reactive ketones (excluding diaryl/α,β-unsaturated/α-hetero) is 1. The molecule has 2 aromatic carbocycles. The van der Waals surface area contributed by atoms with Crippen molar-refractivity contribution in [3.8, 4) is 5.75 Å². The summed E-state index contributed by atoms with van der Waals surface area (Å²) in [5.74, 6) is 0.292. The van der Waals surface area contributed by atoms with Crippen LogP contribution in [0.15, 0.2) is 54.6 Å². The second kappa shape index (κ2) is 7.22. The third-order valence-electron chi connectivity index (χ3n) is 3.12. The molecule has 0 radical (unpaired) electrons. The van der Waals surface area contributed by atoms with Crippen molar-refractivity contribution in [1.82, 2.24) is 0 Å². The molecular weight excluding hydrogens is 278 g/mol. The zero-order valence-corrected chi connectivity index (χ0v) is 12.5. The van der Waals surface area contributed by atoms with Crippen LogP contribution >= 0.6 is 0 Å². The van der Waals surface area contributed by atoms with Crippen LogP contribution in [0.5, 0.6) is 5.75 Å². The fourth-order valence-corrected chi connectivity index (χ4v) is 2.04. The lowest BCUT2D eigenvalue weighted by Crippen LogP contribution is -2.11. The van der Waals surface area contributed by atoms with Gasteiger partial charge in [-0.1, -0.05) is 30.3 Å². The Balaban J connectivity index is 2.14. The summed E-state index contributed by atoms with van der Waals surface area (Å²) in [7, 11) is 1.58. The molecule has 0 heterocycles. The Labute approximate surface area is 129 Å². The molecule has 1 amide bonds. The lowest BCUT2D eigenvalue weighted by Gasteiger charge is -2.07. The highest BCUT2D eigenvalue weighted by atomic mass is 16.5. The van der Waals surface area contributed by atoms with Gasteiger partial charge in [-0.3, -0.25) is 9.59 Å². The predicted molar refractivity (Wildman–Crippen MR) is 87.1 cm³/mol. The van der Waals surface area contributed by atoms with Gasteiger partial charge in [-0.2, -0.15) is 0 Å². The number of amides is 1. The molecule has 4 nitrogen and oxygen atoms in total. The minimum atomic E-state index is -0.306. The van der Waals surface area contributed by atoms with Crippen molar-refractivity contribution >= 4 is 23.5 Å². The molecule has 0 saturated heterocycles. The largest absolute Gasteiger partial charge is 0.496 e. The maximum absolute atomic E-state index is 12.0. The van der Waals surface area contributed by atoms with Gasteiger partial charge in [0.1, 0.15) is 5.75 Å². The summed E-state index contributed by atoms with van der Waals surface area (Å²) >= 11 is 0. The van der Waals surface area contributed by atoms with E-state index >= 15 is 0 Å². The number of methoxy groups -OCH3 is 1. The predicted octanol–water partition coefficient (Wildman–Crippen LogP) is 3.55. The van der Waals surface area contributed by atoms with Crippen molar-refractivity contribution in [2.45, 2.75) is 6.92 Å². The highest BCUT2D eigenvalue weighted by Crippen LogP contribution is 2.19. The Morgan fingerprint density at radius 1 is 1.05 bits per heavy atom. The minimum Gasteiger partial charge on any atom is -0.496 e. The summed E-state index contributed by atoms with van der Waals surface area (Å²) < 4.78 is 5.22. The van der Waals surface area contributed by atoms with Gasteiger partial charge < -0.3 is 10.1 Å². The standard InChI is InChI=1S/C18H17NO3/c1-13(20)15-8-4-5-9-16(15)19-18(21)12-11-14-7-3-6-10-17(14)22-2/h3-12H,1-2H3,(H,19,21)/b12-11+. The van der Waals surface area contributed by atoms with Crippen LogP contribution in [0.1, 0.15) is 22.8 Å². The molecule has 0 fully saturated rings. The van der Waals surface area contributed by atoms with Gasteiger partial charge in [-0.15, -0.1) is 0 Å². The van der Waals surface area contributed by atoms with E-state index in [1.165, 1.54) is 13.0 Å². The fraction of sp³-hybridized carbons (Fsp3) is 0.111. The zero-order chi connectivity index (χ0) is 15.9. The van der Waals surface area contributed by atoms with Crippen LogP contribution in [0.4, 0.5) is 5.69 Å². The summed E-state index contributed by atoms with van der Waals surface area (Å²) in [6, 6.07) is 14.3. The molecule has 1 N–H and O–H groups in total. The third kappa shape index (κ3) is 3.82. The van der Waals surface area contributed by atoms with Gasteiger partial charge in [-0.05, 0) is 31.2 Å². The summed E-state index contributed by atoms with van der Waals surface area (Å²) in [6.07, 6.45) is 3.08. The van der Waals surface area contributed by atoms with Crippen LogP contribution in [0.25, 0.3) is 6.08 Å². The number of ether oxygens (including phenoxy) is 1. The molecule has 0 aromatic heterocycles. The first kappa shape index (κ1) is 15.5. The lowest BCUT2D eigenvalue weighted by molar-refractivity contribution is -0.111. The maximum Gasteiger partial charge on any atom is 0.248 e. The molecule has 112 valence electrons.